The Morgan fingerprint density at radius 3 is 2.39 bits per heavy atom. The van der Waals surface area contributed by atoms with Gasteiger partial charge in [-0.05, 0) is 77.3 Å². The minimum Gasteiger partial charge on any atom is -0.444 e. The average molecular weight is 437 g/mol. The number of aromatic nitrogens is 2. The van der Waals surface area contributed by atoms with Gasteiger partial charge < -0.3 is 14.7 Å². The van der Waals surface area contributed by atoms with Crippen LogP contribution >= 0.6 is 0 Å². The van der Waals surface area contributed by atoms with Gasteiger partial charge in [0.1, 0.15) is 5.60 Å². The Kier molecular flexibility index (Phi) is 8.95. The number of amides is 1. The van der Waals surface area contributed by atoms with E-state index in [0.717, 1.165) is 32.4 Å². The van der Waals surface area contributed by atoms with Gasteiger partial charge in [0.2, 0.25) is 0 Å². The molecule has 1 fully saturated rings. The molecule has 1 aliphatic rings. The number of ether oxygens (including phenoxy) is 1. The monoisotopic (exact) mass is 436 g/mol. The van der Waals surface area contributed by atoms with Gasteiger partial charge in [0.05, 0.1) is 11.7 Å². The number of carbonyl (C=O) groups excluding carboxylic acids is 1. The van der Waals surface area contributed by atoms with E-state index in [2.05, 4.69) is 41.6 Å². The number of aliphatic hydroxyl groups excluding tert-OH is 1. The molecule has 0 aliphatic heterocycles. The molecule has 1 aromatic heterocycles. The van der Waals surface area contributed by atoms with Gasteiger partial charge in [-0.3, -0.25) is 9.58 Å². The zero-order valence-corrected chi connectivity index (χ0v) is 20.7. The number of aliphatic hydroxyl groups is 1. The topological polar surface area (TPSA) is 70.8 Å². The molecule has 2 rings (SSSR count). The van der Waals surface area contributed by atoms with E-state index >= 15 is 0 Å². The largest absolute Gasteiger partial charge is 0.444 e. The Morgan fingerprint density at radius 2 is 1.81 bits per heavy atom. The maximum Gasteiger partial charge on any atom is 0.410 e. The third-order valence-electron chi connectivity index (χ3n) is 6.14. The zero-order valence-electron chi connectivity index (χ0n) is 20.7. The molecule has 0 spiro atoms. The third kappa shape index (κ3) is 8.45. The van der Waals surface area contributed by atoms with E-state index < -0.39 is 5.60 Å². The lowest BCUT2D eigenvalue weighted by atomic mass is 9.76. The summed E-state index contributed by atoms with van der Waals surface area (Å²) in [5.41, 5.74) is 0.765. The predicted octanol–water partition coefficient (Wildman–Crippen LogP) is 4.32. The van der Waals surface area contributed by atoms with Crippen LogP contribution in [0.1, 0.15) is 78.5 Å². The first-order chi connectivity index (χ1) is 14.4. The Labute approximate surface area is 188 Å². The standard InChI is InChI=1S/C24H44N4O3/c1-23(2,3)31-22(30)27(7)15-14-26(6)17-21-12-13-25-28(21)20-10-8-19(9-11-20)16-24(4,5)18-29/h12-13,19-20,29H,8-11,14-18H2,1-7H3. The van der Waals surface area contributed by atoms with Crippen molar-refractivity contribution in [3.05, 3.63) is 18.0 Å². The minimum atomic E-state index is -0.476. The molecule has 7 heteroatoms. The molecule has 0 radical (unpaired) electrons. The van der Waals surface area contributed by atoms with Crippen molar-refractivity contribution in [2.75, 3.05) is 33.8 Å². The second-order valence-corrected chi connectivity index (χ2v) is 11.1. The van der Waals surface area contributed by atoms with Crippen molar-refractivity contribution < 1.29 is 14.6 Å². The lowest BCUT2D eigenvalue weighted by molar-refractivity contribution is 0.0286. The number of rotatable bonds is 9. The van der Waals surface area contributed by atoms with E-state index in [1.54, 1.807) is 11.9 Å². The summed E-state index contributed by atoms with van der Waals surface area (Å²) in [5.74, 6) is 0.698. The first-order valence-corrected chi connectivity index (χ1v) is 11.7. The van der Waals surface area contributed by atoms with Crippen LogP contribution in [0, 0.1) is 11.3 Å². The van der Waals surface area contributed by atoms with Crippen LogP contribution in [0.4, 0.5) is 4.79 Å². The average Bonchev–Trinajstić information content (AvgIpc) is 3.13. The van der Waals surface area contributed by atoms with Crippen molar-refractivity contribution in [3.63, 3.8) is 0 Å². The minimum absolute atomic E-state index is 0.0174. The SMILES string of the molecule is CN(CCN(C)C(=O)OC(C)(C)C)Cc1ccnn1C1CCC(CC(C)(C)CO)CC1. The first kappa shape index (κ1) is 25.7. The molecular formula is C24H44N4O3. The van der Waals surface area contributed by atoms with Crippen molar-refractivity contribution in [1.29, 1.82) is 0 Å². The van der Waals surface area contributed by atoms with Crippen LogP contribution in [0.2, 0.25) is 0 Å². The van der Waals surface area contributed by atoms with Crippen molar-refractivity contribution >= 4 is 6.09 Å². The molecule has 0 aromatic carbocycles. The Hall–Kier alpha value is -1.60. The van der Waals surface area contributed by atoms with Gasteiger partial charge in [-0.25, -0.2) is 4.79 Å². The summed E-state index contributed by atoms with van der Waals surface area (Å²) in [6, 6.07) is 2.56. The van der Waals surface area contributed by atoms with Crippen LogP contribution in [0.5, 0.6) is 0 Å². The van der Waals surface area contributed by atoms with Gasteiger partial charge in [0.15, 0.2) is 0 Å². The molecule has 0 unspecified atom stereocenters. The smallest absolute Gasteiger partial charge is 0.410 e. The molecule has 1 aromatic rings. The van der Waals surface area contributed by atoms with E-state index in [1.165, 1.54) is 18.5 Å². The Bertz CT molecular complexity index is 687. The molecule has 1 saturated carbocycles. The molecular weight excluding hydrogens is 392 g/mol. The molecule has 0 atom stereocenters. The number of hydrogen-bond donors (Lipinski definition) is 1. The van der Waals surface area contributed by atoms with Gasteiger partial charge in [0.25, 0.3) is 0 Å². The van der Waals surface area contributed by atoms with Crippen molar-refractivity contribution in [2.24, 2.45) is 11.3 Å². The summed E-state index contributed by atoms with van der Waals surface area (Å²) < 4.78 is 7.63. The molecule has 7 nitrogen and oxygen atoms in total. The lowest BCUT2D eigenvalue weighted by Gasteiger charge is -2.34. The van der Waals surface area contributed by atoms with E-state index in [1.807, 2.05) is 27.0 Å². The Balaban J connectivity index is 1.82. The summed E-state index contributed by atoms with van der Waals surface area (Å²) in [5, 5.41) is 14.2. The van der Waals surface area contributed by atoms with Crippen molar-refractivity contribution in [3.8, 4) is 0 Å². The molecule has 1 N–H and O–H groups in total. The van der Waals surface area contributed by atoms with E-state index in [-0.39, 0.29) is 18.1 Å². The first-order valence-electron chi connectivity index (χ1n) is 11.7. The highest BCUT2D eigenvalue weighted by Gasteiger charge is 2.29. The van der Waals surface area contributed by atoms with Gasteiger partial charge in [0, 0.05) is 39.5 Å². The van der Waals surface area contributed by atoms with Crippen LogP contribution in [0.3, 0.4) is 0 Å². The second-order valence-electron chi connectivity index (χ2n) is 11.1. The van der Waals surface area contributed by atoms with Crippen molar-refractivity contribution in [1.82, 2.24) is 19.6 Å². The molecule has 1 heterocycles. The number of carbonyl (C=O) groups is 1. The van der Waals surface area contributed by atoms with Gasteiger partial charge >= 0.3 is 6.09 Å². The lowest BCUT2D eigenvalue weighted by Crippen LogP contribution is -2.38. The fourth-order valence-electron chi connectivity index (χ4n) is 4.34. The number of nitrogens with zero attached hydrogens (tertiary/aromatic N) is 4. The van der Waals surface area contributed by atoms with Crippen LogP contribution in [-0.2, 0) is 11.3 Å². The maximum atomic E-state index is 12.1. The van der Waals surface area contributed by atoms with Gasteiger partial charge in [-0.2, -0.15) is 5.10 Å². The highest BCUT2D eigenvalue weighted by Crippen LogP contribution is 2.38. The van der Waals surface area contributed by atoms with Crippen LogP contribution in [-0.4, -0.2) is 70.2 Å². The molecule has 178 valence electrons. The summed E-state index contributed by atoms with van der Waals surface area (Å²) in [7, 11) is 3.86. The van der Waals surface area contributed by atoms with Crippen LogP contribution in [0.15, 0.2) is 12.3 Å². The Morgan fingerprint density at radius 1 is 1.16 bits per heavy atom. The van der Waals surface area contributed by atoms with Gasteiger partial charge in [-0.1, -0.05) is 13.8 Å². The molecule has 31 heavy (non-hydrogen) atoms. The molecule has 1 amide bonds. The summed E-state index contributed by atoms with van der Waals surface area (Å²) in [6.07, 6.45) is 7.39. The maximum absolute atomic E-state index is 12.1. The fraction of sp³-hybridized carbons (Fsp3) is 0.833. The fourth-order valence-corrected chi connectivity index (χ4v) is 4.34. The highest BCUT2D eigenvalue weighted by molar-refractivity contribution is 5.67. The zero-order chi connectivity index (χ0) is 23.2. The van der Waals surface area contributed by atoms with E-state index in [0.29, 0.717) is 18.5 Å². The van der Waals surface area contributed by atoms with Crippen LogP contribution < -0.4 is 0 Å². The number of likely N-dealkylation sites (N-methyl/N-ethyl adjacent to an activating group) is 2. The second kappa shape index (κ2) is 10.8. The van der Waals surface area contributed by atoms with Crippen molar-refractivity contribution in [2.45, 2.75) is 84.9 Å². The summed E-state index contributed by atoms with van der Waals surface area (Å²) in [6.45, 7) is 12.4. The molecule has 0 saturated heterocycles. The van der Waals surface area contributed by atoms with Crippen LogP contribution in [0.25, 0.3) is 0 Å². The van der Waals surface area contributed by atoms with E-state index in [9.17, 15) is 9.90 Å². The van der Waals surface area contributed by atoms with Gasteiger partial charge in [-0.15, -0.1) is 0 Å². The molecule has 0 bridgehead atoms. The normalized spacial score (nSPS) is 20.2. The molecule has 1 aliphatic carbocycles. The summed E-state index contributed by atoms with van der Waals surface area (Å²) >= 11 is 0. The third-order valence-corrected chi connectivity index (χ3v) is 6.14. The number of hydrogen-bond acceptors (Lipinski definition) is 5. The quantitative estimate of drug-likeness (QED) is 0.624. The van der Waals surface area contributed by atoms with E-state index in [4.69, 9.17) is 4.74 Å². The summed E-state index contributed by atoms with van der Waals surface area (Å²) in [4.78, 5) is 16.0. The highest BCUT2D eigenvalue weighted by atomic mass is 16.6. The predicted molar refractivity (Wildman–Crippen MR) is 124 cm³/mol.